The largest absolute Gasteiger partial charge is 0.489 e. The van der Waals surface area contributed by atoms with Crippen LogP contribution in [0.5, 0.6) is 5.75 Å². The van der Waals surface area contributed by atoms with Crippen molar-refractivity contribution in [3.05, 3.63) is 89.4 Å². The lowest BCUT2D eigenvalue weighted by molar-refractivity contribution is 0.0662. The van der Waals surface area contributed by atoms with Crippen LogP contribution in [0.2, 0.25) is 0 Å². The van der Waals surface area contributed by atoms with Crippen LogP contribution in [0.4, 0.5) is 8.78 Å². The van der Waals surface area contributed by atoms with Crippen molar-refractivity contribution in [3.63, 3.8) is 0 Å². The molecule has 0 atom stereocenters. The number of aromatic nitrogens is 3. The van der Waals surface area contributed by atoms with Gasteiger partial charge in [0, 0.05) is 42.2 Å². The molecule has 0 saturated heterocycles. The van der Waals surface area contributed by atoms with Crippen LogP contribution < -0.4 is 4.74 Å². The molecular formula is C29H28F2N4O3. The molecule has 7 nitrogen and oxygen atoms in total. The minimum absolute atomic E-state index is 0.122. The van der Waals surface area contributed by atoms with Crippen molar-refractivity contribution in [2.24, 2.45) is 0 Å². The SMILES string of the molecule is CC(C)c1ccc(COc2ccc(-c3c(-c4ccncc4)nn4c3C(=O)N(CCO)CC4)cc2)c(F)c1F. The quantitative estimate of drug-likeness (QED) is 0.354. The van der Waals surface area contributed by atoms with Crippen LogP contribution in [0.15, 0.2) is 60.9 Å². The minimum atomic E-state index is -0.896. The van der Waals surface area contributed by atoms with Gasteiger partial charge in [-0.25, -0.2) is 8.78 Å². The van der Waals surface area contributed by atoms with Crippen LogP contribution >= 0.6 is 0 Å². The molecule has 0 bridgehead atoms. The number of carbonyl (C=O) groups excluding carboxylic acids is 1. The molecule has 1 N–H and O–H groups in total. The molecule has 196 valence electrons. The first kappa shape index (κ1) is 25.5. The van der Waals surface area contributed by atoms with Crippen molar-refractivity contribution >= 4 is 5.91 Å². The van der Waals surface area contributed by atoms with E-state index < -0.39 is 11.6 Å². The van der Waals surface area contributed by atoms with Gasteiger partial charge in [0.2, 0.25) is 0 Å². The van der Waals surface area contributed by atoms with Gasteiger partial charge >= 0.3 is 0 Å². The van der Waals surface area contributed by atoms with Gasteiger partial charge in [-0.05, 0) is 41.3 Å². The summed E-state index contributed by atoms with van der Waals surface area (Å²) in [6, 6.07) is 13.9. The molecule has 2 aromatic heterocycles. The highest BCUT2D eigenvalue weighted by atomic mass is 19.2. The zero-order valence-electron chi connectivity index (χ0n) is 21.2. The number of hydrogen-bond acceptors (Lipinski definition) is 5. The predicted octanol–water partition coefficient (Wildman–Crippen LogP) is 5.04. The van der Waals surface area contributed by atoms with Crippen LogP contribution in [-0.2, 0) is 13.2 Å². The van der Waals surface area contributed by atoms with Crippen LogP contribution in [0.3, 0.4) is 0 Å². The summed E-state index contributed by atoms with van der Waals surface area (Å²) < 4.78 is 36.4. The Morgan fingerprint density at radius 1 is 0.974 bits per heavy atom. The van der Waals surface area contributed by atoms with Gasteiger partial charge in [-0.3, -0.25) is 14.5 Å². The van der Waals surface area contributed by atoms with E-state index in [-0.39, 0.29) is 37.1 Å². The second-order valence-electron chi connectivity index (χ2n) is 9.46. The maximum atomic E-state index is 14.5. The first-order valence-corrected chi connectivity index (χ1v) is 12.5. The number of hydrogen-bond donors (Lipinski definition) is 1. The summed E-state index contributed by atoms with van der Waals surface area (Å²) >= 11 is 0. The Morgan fingerprint density at radius 3 is 2.39 bits per heavy atom. The van der Waals surface area contributed by atoms with E-state index in [1.807, 2.05) is 38.1 Å². The number of fused-ring (bicyclic) bond motifs is 1. The molecule has 1 aliphatic rings. The molecule has 1 aliphatic heterocycles. The Balaban J connectivity index is 1.45. The second-order valence-corrected chi connectivity index (χ2v) is 9.46. The van der Waals surface area contributed by atoms with Gasteiger partial charge in [-0.2, -0.15) is 5.10 Å². The highest BCUT2D eigenvalue weighted by molar-refractivity contribution is 6.03. The average molecular weight is 519 g/mol. The zero-order valence-corrected chi connectivity index (χ0v) is 21.2. The Labute approximate surface area is 219 Å². The third-order valence-electron chi connectivity index (χ3n) is 6.70. The fourth-order valence-electron chi connectivity index (χ4n) is 4.67. The summed E-state index contributed by atoms with van der Waals surface area (Å²) in [5.41, 5.74) is 3.82. The van der Waals surface area contributed by atoms with Crippen LogP contribution in [-0.4, -0.2) is 50.4 Å². The van der Waals surface area contributed by atoms with E-state index in [1.54, 1.807) is 46.2 Å². The smallest absolute Gasteiger partial charge is 0.272 e. The summed E-state index contributed by atoms with van der Waals surface area (Å²) in [7, 11) is 0. The van der Waals surface area contributed by atoms with Crippen molar-refractivity contribution in [2.45, 2.75) is 32.9 Å². The summed E-state index contributed by atoms with van der Waals surface area (Å²) in [6.45, 7) is 4.60. The number of ether oxygens (including phenoxy) is 1. The summed E-state index contributed by atoms with van der Waals surface area (Å²) in [6.07, 6.45) is 3.34. The number of aliphatic hydroxyl groups is 1. The number of carbonyl (C=O) groups is 1. The second kappa shape index (κ2) is 10.7. The van der Waals surface area contributed by atoms with Gasteiger partial charge in [0.05, 0.1) is 13.2 Å². The molecule has 0 saturated carbocycles. The van der Waals surface area contributed by atoms with Crippen molar-refractivity contribution in [3.8, 4) is 28.1 Å². The highest BCUT2D eigenvalue weighted by Gasteiger charge is 2.32. The highest BCUT2D eigenvalue weighted by Crippen LogP contribution is 2.37. The summed E-state index contributed by atoms with van der Waals surface area (Å²) in [5.74, 6) is -1.59. The van der Waals surface area contributed by atoms with E-state index in [1.165, 1.54) is 0 Å². The number of rotatable bonds is 8. The third kappa shape index (κ3) is 4.77. The molecule has 38 heavy (non-hydrogen) atoms. The van der Waals surface area contributed by atoms with Gasteiger partial charge in [-0.1, -0.05) is 38.1 Å². The minimum Gasteiger partial charge on any atom is -0.489 e. The van der Waals surface area contributed by atoms with Crippen LogP contribution in [0, 0.1) is 11.6 Å². The monoisotopic (exact) mass is 518 g/mol. The van der Waals surface area contributed by atoms with E-state index in [9.17, 15) is 18.7 Å². The van der Waals surface area contributed by atoms with Gasteiger partial charge in [-0.15, -0.1) is 0 Å². The van der Waals surface area contributed by atoms with Gasteiger partial charge < -0.3 is 14.7 Å². The van der Waals surface area contributed by atoms with E-state index in [4.69, 9.17) is 9.84 Å². The molecule has 1 amide bonds. The number of benzene rings is 2. The molecule has 0 spiro atoms. The number of aliphatic hydroxyl groups excluding tert-OH is 1. The first-order valence-electron chi connectivity index (χ1n) is 12.5. The van der Waals surface area contributed by atoms with Crippen LogP contribution in [0.1, 0.15) is 41.4 Å². The molecule has 0 aliphatic carbocycles. The van der Waals surface area contributed by atoms with Gasteiger partial charge in [0.25, 0.3) is 5.91 Å². The molecule has 2 aromatic carbocycles. The van der Waals surface area contributed by atoms with Crippen molar-refractivity contribution in [2.75, 3.05) is 19.7 Å². The molecular weight excluding hydrogens is 490 g/mol. The molecule has 0 radical (unpaired) electrons. The van der Waals surface area contributed by atoms with Gasteiger partial charge in [0.15, 0.2) is 11.6 Å². The number of nitrogens with zero attached hydrogens (tertiary/aromatic N) is 4. The summed E-state index contributed by atoms with van der Waals surface area (Å²) in [4.78, 5) is 19.0. The van der Waals surface area contributed by atoms with Crippen LogP contribution in [0.25, 0.3) is 22.4 Å². The lowest BCUT2D eigenvalue weighted by atomic mass is 9.98. The predicted molar refractivity (Wildman–Crippen MR) is 139 cm³/mol. The molecule has 9 heteroatoms. The summed E-state index contributed by atoms with van der Waals surface area (Å²) in [5, 5.41) is 14.2. The number of β-amino-alcohol motifs (C(OH)–C–C–N with tert-alkyl or cyclic N) is 1. The molecule has 5 rings (SSSR count). The van der Waals surface area contributed by atoms with Crippen molar-refractivity contribution in [1.82, 2.24) is 19.7 Å². The number of pyridine rings is 1. The third-order valence-corrected chi connectivity index (χ3v) is 6.70. The van der Waals surface area contributed by atoms with Gasteiger partial charge in [0.1, 0.15) is 23.7 Å². The Kier molecular flexibility index (Phi) is 7.20. The normalized spacial score (nSPS) is 13.2. The zero-order chi connectivity index (χ0) is 26.8. The number of halogens is 2. The Hall–Kier alpha value is -4.11. The maximum absolute atomic E-state index is 14.5. The fourth-order valence-corrected chi connectivity index (χ4v) is 4.67. The molecule has 3 heterocycles. The first-order chi connectivity index (χ1) is 18.4. The van der Waals surface area contributed by atoms with Crippen molar-refractivity contribution < 1.29 is 23.4 Å². The van der Waals surface area contributed by atoms with E-state index in [0.717, 1.165) is 11.1 Å². The topological polar surface area (TPSA) is 80.5 Å². The molecule has 4 aromatic rings. The lowest BCUT2D eigenvalue weighted by Gasteiger charge is -2.27. The number of amides is 1. The maximum Gasteiger partial charge on any atom is 0.272 e. The average Bonchev–Trinajstić information content (AvgIpc) is 3.32. The standard InChI is InChI=1S/C29H28F2N4O3/c1-18(2)23-8-5-21(25(30)26(23)31)17-38-22-6-3-19(4-7-22)24-27(20-9-11-32-12-10-20)33-35-14-13-34(15-16-36)29(37)28(24)35/h3-12,18,36H,13-17H2,1-2H3. The van der Waals surface area contributed by atoms with Crippen molar-refractivity contribution in [1.29, 1.82) is 0 Å². The van der Waals surface area contributed by atoms with E-state index >= 15 is 0 Å². The van der Waals surface area contributed by atoms with E-state index in [0.29, 0.717) is 41.4 Å². The fraction of sp³-hybridized carbons (Fsp3) is 0.276. The Bertz CT molecular complexity index is 1450. The Morgan fingerprint density at radius 2 is 1.71 bits per heavy atom. The molecule has 0 unspecified atom stereocenters. The molecule has 0 fully saturated rings. The lowest BCUT2D eigenvalue weighted by Crippen LogP contribution is -2.42. The van der Waals surface area contributed by atoms with E-state index in [2.05, 4.69) is 4.98 Å².